The maximum Gasteiger partial charge on any atom is 0.138 e. The molecular weight excluding hydrogens is 382 g/mol. The first-order valence-corrected chi connectivity index (χ1v) is 11.2. The monoisotopic (exact) mass is 415 g/mol. The fourth-order valence-electron chi connectivity index (χ4n) is 3.40. The van der Waals surface area contributed by atoms with Crippen LogP contribution in [0.15, 0.2) is 61.2 Å². The van der Waals surface area contributed by atoms with Gasteiger partial charge < -0.3 is 14.0 Å². The highest BCUT2D eigenvalue weighted by molar-refractivity contribution is 7.89. The molecule has 4 nitrogen and oxygen atoms in total. The topological polar surface area (TPSA) is 44.8 Å². The first-order valence-electron chi connectivity index (χ1n) is 10.0. The molecule has 0 bridgehead atoms. The van der Waals surface area contributed by atoms with Crippen LogP contribution in [0.1, 0.15) is 37.8 Å². The highest BCUT2D eigenvalue weighted by atomic mass is 32.2. The SMILES string of the molecule is C=CCC(C)[C@@H](CC)[S+]([O-])N(Cc1ccc(OC)cc1)Cc1ccc(OC)cc1. The Morgan fingerprint density at radius 3 is 1.76 bits per heavy atom. The minimum atomic E-state index is -1.12. The highest BCUT2D eigenvalue weighted by Gasteiger charge is 2.32. The molecule has 5 heteroatoms. The molecule has 3 atom stereocenters. The first kappa shape index (κ1) is 23.3. The largest absolute Gasteiger partial charge is 0.598 e. The van der Waals surface area contributed by atoms with Crippen molar-refractivity contribution in [3.05, 3.63) is 72.3 Å². The van der Waals surface area contributed by atoms with Crippen LogP contribution in [-0.4, -0.2) is 28.3 Å². The lowest BCUT2D eigenvalue weighted by molar-refractivity contribution is 0.375. The third-order valence-electron chi connectivity index (χ3n) is 5.12. The van der Waals surface area contributed by atoms with Gasteiger partial charge in [-0.25, -0.2) is 0 Å². The molecule has 2 unspecified atom stereocenters. The second-order valence-corrected chi connectivity index (χ2v) is 8.89. The average Bonchev–Trinajstić information content (AvgIpc) is 2.75. The Hall–Kier alpha value is -1.95. The van der Waals surface area contributed by atoms with E-state index in [0.29, 0.717) is 19.0 Å². The van der Waals surface area contributed by atoms with Gasteiger partial charge in [-0.3, -0.25) is 0 Å². The van der Waals surface area contributed by atoms with Crippen LogP contribution in [0.2, 0.25) is 0 Å². The Kier molecular flexibility index (Phi) is 9.58. The molecule has 0 aliphatic carbocycles. The number of nitrogens with zero attached hydrogens (tertiary/aromatic N) is 1. The van der Waals surface area contributed by atoms with E-state index in [0.717, 1.165) is 35.5 Å². The smallest absolute Gasteiger partial charge is 0.138 e. The van der Waals surface area contributed by atoms with Gasteiger partial charge in [0.15, 0.2) is 0 Å². The van der Waals surface area contributed by atoms with E-state index in [1.807, 2.05) is 54.6 Å². The number of hydrogen-bond donors (Lipinski definition) is 0. The van der Waals surface area contributed by atoms with Gasteiger partial charge in [0.2, 0.25) is 0 Å². The van der Waals surface area contributed by atoms with Gasteiger partial charge in [-0.05, 0) is 48.2 Å². The Morgan fingerprint density at radius 1 is 0.966 bits per heavy atom. The zero-order valence-corrected chi connectivity index (χ0v) is 18.8. The summed E-state index contributed by atoms with van der Waals surface area (Å²) in [5.74, 6) is 1.96. The van der Waals surface area contributed by atoms with Crippen LogP contribution in [0.4, 0.5) is 0 Å². The van der Waals surface area contributed by atoms with E-state index >= 15 is 0 Å². The van der Waals surface area contributed by atoms with Crippen LogP contribution in [-0.2, 0) is 24.5 Å². The Balaban J connectivity index is 2.24. The molecule has 0 saturated carbocycles. The average molecular weight is 416 g/mol. The van der Waals surface area contributed by atoms with Crippen molar-refractivity contribution in [1.29, 1.82) is 0 Å². The minimum absolute atomic E-state index is 0.0875. The van der Waals surface area contributed by atoms with Crippen molar-refractivity contribution in [1.82, 2.24) is 4.31 Å². The number of rotatable bonds is 12. The zero-order chi connectivity index (χ0) is 21.2. The molecule has 0 aliphatic heterocycles. The number of methoxy groups -OCH3 is 2. The van der Waals surface area contributed by atoms with E-state index in [-0.39, 0.29) is 5.25 Å². The Morgan fingerprint density at radius 2 is 1.41 bits per heavy atom. The second-order valence-electron chi connectivity index (χ2n) is 7.22. The van der Waals surface area contributed by atoms with Crippen molar-refractivity contribution in [2.75, 3.05) is 14.2 Å². The fraction of sp³-hybridized carbons (Fsp3) is 0.417. The summed E-state index contributed by atoms with van der Waals surface area (Å²) in [6.07, 6.45) is 3.65. The van der Waals surface area contributed by atoms with E-state index < -0.39 is 11.4 Å². The third kappa shape index (κ3) is 6.81. The molecular formula is C24H33NO3S. The number of benzene rings is 2. The second kappa shape index (κ2) is 11.9. The standard InChI is InChI=1S/C24H33NO3S/c1-6-8-19(3)24(7-2)29(26)25(17-20-9-13-22(27-4)14-10-20)18-21-11-15-23(28-5)16-12-21/h6,9-16,19,24H,1,7-8,17-18H2,2-5H3/t19?,24-,29?/m1/s1. The van der Waals surface area contributed by atoms with E-state index in [2.05, 4.69) is 24.7 Å². The van der Waals surface area contributed by atoms with E-state index in [1.165, 1.54) is 0 Å². The van der Waals surface area contributed by atoms with Gasteiger partial charge in [0.25, 0.3) is 0 Å². The first-order chi connectivity index (χ1) is 14.0. The molecule has 0 heterocycles. The fourth-order valence-corrected chi connectivity index (χ4v) is 5.13. The van der Waals surface area contributed by atoms with Crippen molar-refractivity contribution in [2.45, 2.75) is 45.0 Å². The van der Waals surface area contributed by atoms with Gasteiger partial charge in [-0.15, -0.1) is 10.9 Å². The molecule has 2 rings (SSSR count). The van der Waals surface area contributed by atoms with Crippen molar-refractivity contribution in [2.24, 2.45) is 5.92 Å². The van der Waals surface area contributed by atoms with E-state index in [1.54, 1.807) is 14.2 Å². The summed E-state index contributed by atoms with van der Waals surface area (Å²) in [6, 6.07) is 15.9. The number of ether oxygens (including phenoxy) is 2. The van der Waals surface area contributed by atoms with Gasteiger partial charge in [0.1, 0.15) is 16.7 Å². The van der Waals surface area contributed by atoms with Crippen molar-refractivity contribution < 1.29 is 14.0 Å². The molecule has 0 amide bonds. The molecule has 0 aromatic heterocycles. The van der Waals surface area contributed by atoms with E-state index in [9.17, 15) is 4.55 Å². The lowest BCUT2D eigenvalue weighted by Crippen LogP contribution is -2.40. The highest BCUT2D eigenvalue weighted by Crippen LogP contribution is 2.27. The lowest BCUT2D eigenvalue weighted by atomic mass is 10.0. The van der Waals surface area contributed by atoms with Gasteiger partial charge in [-0.1, -0.05) is 44.2 Å². The normalized spacial score (nSPS) is 14.3. The predicted molar refractivity (Wildman–Crippen MR) is 121 cm³/mol. The summed E-state index contributed by atoms with van der Waals surface area (Å²) < 4.78 is 26.2. The molecule has 29 heavy (non-hydrogen) atoms. The summed E-state index contributed by atoms with van der Waals surface area (Å²) in [5, 5.41) is 0.0875. The molecule has 0 saturated heterocycles. The van der Waals surface area contributed by atoms with Crippen molar-refractivity contribution >= 4 is 11.4 Å². The molecule has 0 spiro atoms. The molecule has 2 aromatic carbocycles. The third-order valence-corrected chi connectivity index (χ3v) is 7.21. The van der Waals surface area contributed by atoms with Crippen LogP contribution in [0.25, 0.3) is 0 Å². The van der Waals surface area contributed by atoms with Crippen molar-refractivity contribution in [3.8, 4) is 11.5 Å². The minimum Gasteiger partial charge on any atom is -0.598 e. The predicted octanol–water partition coefficient (Wildman–Crippen LogP) is 5.36. The van der Waals surface area contributed by atoms with Gasteiger partial charge in [0, 0.05) is 17.3 Å². The Labute approximate surface area is 178 Å². The lowest BCUT2D eigenvalue weighted by Gasteiger charge is -2.32. The summed E-state index contributed by atoms with van der Waals surface area (Å²) in [5.41, 5.74) is 2.22. The number of allylic oxidation sites excluding steroid dienone is 1. The van der Waals surface area contributed by atoms with Crippen LogP contribution >= 0.6 is 0 Å². The zero-order valence-electron chi connectivity index (χ0n) is 18.0. The molecule has 158 valence electrons. The maximum absolute atomic E-state index is 13.6. The van der Waals surface area contributed by atoms with Crippen LogP contribution in [0.5, 0.6) is 11.5 Å². The summed E-state index contributed by atoms with van der Waals surface area (Å²) in [7, 11) is 3.32. The van der Waals surface area contributed by atoms with Gasteiger partial charge in [-0.2, -0.15) is 0 Å². The summed E-state index contributed by atoms with van der Waals surface area (Å²) >= 11 is -1.12. The molecule has 0 radical (unpaired) electrons. The van der Waals surface area contributed by atoms with Crippen LogP contribution < -0.4 is 9.47 Å². The molecule has 0 N–H and O–H groups in total. The molecule has 2 aromatic rings. The number of hydrogen-bond acceptors (Lipinski definition) is 4. The van der Waals surface area contributed by atoms with Gasteiger partial charge in [0.05, 0.1) is 27.3 Å². The summed E-state index contributed by atoms with van der Waals surface area (Å²) in [4.78, 5) is 0. The summed E-state index contributed by atoms with van der Waals surface area (Å²) in [6.45, 7) is 9.35. The van der Waals surface area contributed by atoms with Crippen LogP contribution in [0.3, 0.4) is 0 Å². The van der Waals surface area contributed by atoms with Crippen molar-refractivity contribution in [3.63, 3.8) is 0 Å². The Bertz CT molecular complexity index is 683. The van der Waals surface area contributed by atoms with E-state index in [4.69, 9.17) is 9.47 Å². The quantitative estimate of drug-likeness (QED) is 0.346. The van der Waals surface area contributed by atoms with Crippen LogP contribution in [0, 0.1) is 5.92 Å². The molecule has 0 fully saturated rings. The molecule has 0 aliphatic rings. The van der Waals surface area contributed by atoms with Gasteiger partial charge >= 0.3 is 0 Å². The maximum atomic E-state index is 13.6.